The number of rotatable bonds is 7. The number of nitrogens with zero attached hydrogens (tertiary/aromatic N) is 2. The van der Waals surface area contributed by atoms with Crippen LogP contribution in [0.5, 0.6) is 0 Å². The Morgan fingerprint density at radius 3 is 1.75 bits per heavy atom. The molecule has 2 unspecified atom stereocenters. The quantitative estimate of drug-likeness (QED) is 0.162. The van der Waals surface area contributed by atoms with Crippen LogP contribution in [0.25, 0.3) is 27.5 Å². The number of benzene rings is 6. The standard InChI is InChI=1S/C51H48N2/c1-7-35-19-32-43-42-14-8-10-17-46(42)52(48(43)34-35)40-28-24-38(25-29-40)49(2,3)36-20-22-37(23-21-36)50(4,5)39-26-30-41(31-27-39)53-47-18-11-9-15-44(47)45-16-12-13-33-51(45,53)6/h8-34,45H,7H2,1-6H3. The Kier molecular flexibility index (Phi) is 7.68. The second kappa shape index (κ2) is 12.2. The Labute approximate surface area is 314 Å². The normalized spacial score (nSPS) is 18.2. The highest BCUT2D eigenvalue weighted by atomic mass is 15.2. The second-order valence-corrected chi connectivity index (χ2v) is 16.3. The molecule has 1 aromatic heterocycles. The fourth-order valence-corrected chi connectivity index (χ4v) is 9.19. The molecule has 0 amide bonds. The van der Waals surface area contributed by atoms with Gasteiger partial charge < -0.3 is 9.47 Å². The lowest BCUT2D eigenvalue weighted by Gasteiger charge is -2.39. The van der Waals surface area contributed by atoms with Gasteiger partial charge in [-0.1, -0.05) is 156 Å². The van der Waals surface area contributed by atoms with Crippen LogP contribution in [0.15, 0.2) is 164 Å². The van der Waals surface area contributed by atoms with E-state index in [9.17, 15) is 0 Å². The van der Waals surface area contributed by atoms with Crippen LogP contribution in [0.1, 0.15) is 80.8 Å². The Bertz CT molecular complexity index is 2540. The number of hydrogen-bond donors (Lipinski definition) is 0. The lowest BCUT2D eigenvalue weighted by Crippen LogP contribution is -2.41. The average Bonchev–Trinajstić information content (AvgIpc) is 3.66. The van der Waals surface area contributed by atoms with Crippen molar-refractivity contribution in [3.05, 3.63) is 197 Å². The van der Waals surface area contributed by atoms with Gasteiger partial charge in [-0.05, 0) is 89.2 Å². The molecule has 0 saturated heterocycles. The maximum absolute atomic E-state index is 2.53. The summed E-state index contributed by atoms with van der Waals surface area (Å²) in [5.41, 5.74) is 13.8. The molecule has 0 fully saturated rings. The van der Waals surface area contributed by atoms with Gasteiger partial charge in [-0.25, -0.2) is 0 Å². The van der Waals surface area contributed by atoms with Crippen LogP contribution < -0.4 is 4.90 Å². The van der Waals surface area contributed by atoms with Gasteiger partial charge in [0, 0.05) is 44.6 Å². The van der Waals surface area contributed by atoms with Crippen molar-refractivity contribution < 1.29 is 0 Å². The largest absolute Gasteiger partial charge is 0.331 e. The molecule has 0 saturated carbocycles. The highest BCUT2D eigenvalue weighted by molar-refractivity contribution is 6.09. The molecule has 262 valence electrons. The molecular weight excluding hydrogens is 641 g/mol. The number of aryl methyl sites for hydroxylation is 1. The molecule has 2 heteroatoms. The monoisotopic (exact) mass is 688 g/mol. The average molecular weight is 689 g/mol. The van der Waals surface area contributed by atoms with Crippen LogP contribution in [0.3, 0.4) is 0 Å². The minimum absolute atomic E-state index is 0.123. The van der Waals surface area contributed by atoms with E-state index in [1.54, 1.807) is 0 Å². The Balaban J connectivity index is 0.981. The minimum atomic E-state index is -0.151. The maximum atomic E-state index is 2.53. The number of anilines is 2. The van der Waals surface area contributed by atoms with Gasteiger partial charge in [0.1, 0.15) is 0 Å². The molecule has 0 radical (unpaired) electrons. The molecular formula is C51H48N2. The zero-order valence-corrected chi connectivity index (χ0v) is 31.8. The van der Waals surface area contributed by atoms with Gasteiger partial charge in [0.05, 0.1) is 16.6 Å². The SMILES string of the molecule is CCc1ccc2c3ccccc3n(-c3ccc(C(C)(C)c4ccc(C(C)(C)c5ccc(N6c7ccccc7C7C=CC=CC76C)cc5)cc4)cc3)c2c1. The van der Waals surface area contributed by atoms with Crippen molar-refractivity contribution in [1.29, 1.82) is 0 Å². The van der Waals surface area contributed by atoms with E-state index in [1.807, 2.05) is 0 Å². The van der Waals surface area contributed by atoms with Gasteiger partial charge in [0.2, 0.25) is 0 Å². The number of aromatic nitrogens is 1. The van der Waals surface area contributed by atoms with Gasteiger partial charge in [-0.2, -0.15) is 0 Å². The van der Waals surface area contributed by atoms with E-state index >= 15 is 0 Å². The first-order chi connectivity index (χ1) is 25.6. The van der Waals surface area contributed by atoms with Gasteiger partial charge in [-0.3, -0.25) is 0 Å². The topological polar surface area (TPSA) is 8.17 Å². The predicted octanol–water partition coefficient (Wildman–Crippen LogP) is 13.1. The van der Waals surface area contributed by atoms with Gasteiger partial charge in [0.25, 0.3) is 0 Å². The first kappa shape index (κ1) is 33.3. The van der Waals surface area contributed by atoms with E-state index in [0.29, 0.717) is 5.92 Å². The number of fused-ring (bicyclic) bond motifs is 6. The van der Waals surface area contributed by atoms with Crippen molar-refractivity contribution in [2.24, 2.45) is 0 Å². The molecule has 0 bridgehead atoms. The zero-order chi connectivity index (χ0) is 36.5. The predicted molar refractivity (Wildman–Crippen MR) is 225 cm³/mol. The number of para-hydroxylation sites is 2. The molecule has 1 aliphatic carbocycles. The molecule has 0 N–H and O–H groups in total. The van der Waals surface area contributed by atoms with Crippen LogP contribution in [0.2, 0.25) is 0 Å². The van der Waals surface area contributed by atoms with Crippen LogP contribution in [0.4, 0.5) is 11.4 Å². The summed E-state index contributed by atoms with van der Waals surface area (Å²) in [7, 11) is 0. The molecule has 2 aliphatic rings. The summed E-state index contributed by atoms with van der Waals surface area (Å²) in [6.45, 7) is 14.0. The van der Waals surface area contributed by atoms with E-state index < -0.39 is 0 Å². The van der Waals surface area contributed by atoms with E-state index in [-0.39, 0.29) is 16.4 Å². The maximum Gasteiger partial charge on any atom is 0.0712 e. The number of allylic oxidation sites excluding steroid dienone is 2. The summed E-state index contributed by atoms with van der Waals surface area (Å²) < 4.78 is 2.43. The van der Waals surface area contributed by atoms with Gasteiger partial charge >= 0.3 is 0 Å². The van der Waals surface area contributed by atoms with Crippen molar-refractivity contribution in [2.75, 3.05) is 4.90 Å². The molecule has 1 aliphatic heterocycles. The second-order valence-electron chi connectivity index (χ2n) is 16.3. The Hall–Kier alpha value is -5.60. The summed E-state index contributed by atoms with van der Waals surface area (Å²) in [6, 6.07) is 52.4. The van der Waals surface area contributed by atoms with Crippen molar-refractivity contribution >= 4 is 33.2 Å². The van der Waals surface area contributed by atoms with E-state index in [2.05, 4.69) is 215 Å². The zero-order valence-electron chi connectivity index (χ0n) is 31.8. The van der Waals surface area contributed by atoms with Crippen LogP contribution in [0, 0.1) is 0 Å². The van der Waals surface area contributed by atoms with Crippen molar-refractivity contribution in [3.63, 3.8) is 0 Å². The molecule has 9 rings (SSSR count). The molecule has 7 aromatic rings. The smallest absolute Gasteiger partial charge is 0.0712 e. The molecule has 2 nitrogen and oxygen atoms in total. The summed E-state index contributed by atoms with van der Waals surface area (Å²) in [6.07, 6.45) is 10.1. The molecule has 0 spiro atoms. The van der Waals surface area contributed by atoms with Crippen LogP contribution >= 0.6 is 0 Å². The first-order valence-electron chi connectivity index (χ1n) is 19.2. The third-order valence-electron chi connectivity index (χ3n) is 12.6. The van der Waals surface area contributed by atoms with Gasteiger partial charge in [-0.15, -0.1) is 0 Å². The molecule has 53 heavy (non-hydrogen) atoms. The molecule has 2 atom stereocenters. The fraction of sp³-hybridized carbons (Fsp3) is 0.216. The van der Waals surface area contributed by atoms with Crippen molar-refractivity contribution in [3.8, 4) is 5.69 Å². The summed E-state index contributed by atoms with van der Waals surface area (Å²) in [4.78, 5) is 2.53. The highest BCUT2D eigenvalue weighted by Gasteiger charge is 2.46. The summed E-state index contributed by atoms with van der Waals surface area (Å²) >= 11 is 0. The Morgan fingerprint density at radius 2 is 1.11 bits per heavy atom. The van der Waals surface area contributed by atoms with E-state index in [4.69, 9.17) is 0 Å². The number of hydrogen-bond acceptors (Lipinski definition) is 1. The molecule has 6 aromatic carbocycles. The summed E-state index contributed by atoms with van der Waals surface area (Å²) in [5, 5.41) is 2.61. The Morgan fingerprint density at radius 1 is 0.566 bits per heavy atom. The van der Waals surface area contributed by atoms with Crippen molar-refractivity contribution in [1.82, 2.24) is 4.57 Å². The van der Waals surface area contributed by atoms with Crippen LogP contribution in [-0.4, -0.2) is 10.1 Å². The third kappa shape index (κ3) is 5.14. The highest BCUT2D eigenvalue weighted by Crippen LogP contribution is 2.54. The van der Waals surface area contributed by atoms with Gasteiger partial charge in [0.15, 0.2) is 0 Å². The van der Waals surface area contributed by atoms with E-state index in [1.165, 1.54) is 72.2 Å². The molecule has 2 heterocycles. The summed E-state index contributed by atoms with van der Waals surface area (Å²) in [5.74, 6) is 0.342. The van der Waals surface area contributed by atoms with Crippen LogP contribution in [-0.2, 0) is 17.3 Å². The van der Waals surface area contributed by atoms with E-state index in [0.717, 1.165) is 6.42 Å². The fourth-order valence-electron chi connectivity index (χ4n) is 9.19. The lowest BCUT2D eigenvalue weighted by atomic mass is 9.74. The minimum Gasteiger partial charge on any atom is -0.331 e. The lowest BCUT2D eigenvalue weighted by molar-refractivity contribution is 0.542. The third-order valence-corrected chi connectivity index (χ3v) is 12.6. The van der Waals surface area contributed by atoms with Crippen molar-refractivity contribution in [2.45, 2.75) is 70.3 Å². The first-order valence-corrected chi connectivity index (χ1v) is 19.2.